The highest BCUT2D eigenvalue weighted by molar-refractivity contribution is 7.80. The summed E-state index contributed by atoms with van der Waals surface area (Å²) in [5.41, 5.74) is 7.65. The largest absolute Gasteiger partial charge is 0.389 e. The van der Waals surface area contributed by atoms with Crippen LogP contribution in [0.1, 0.15) is 44.2 Å². The van der Waals surface area contributed by atoms with Gasteiger partial charge in [-0.3, -0.25) is 4.90 Å². The molecule has 1 fully saturated rings. The van der Waals surface area contributed by atoms with Gasteiger partial charge < -0.3 is 5.73 Å². The molecule has 0 bridgehead atoms. The number of nitrogens with two attached hydrogens (primary N) is 1. The predicted molar refractivity (Wildman–Crippen MR) is 90.2 cm³/mol. The fourth-order valence-corrected chi connectivity index (χ4v) is 2.67. The van der Waals surface area contributed by atoms with Gasteiger partial charge in [-0.1, -0.05) is 49.8 Å². The molecular formula is C16H23ClN2S. The Morgan fingerprint density at radius 2 is 2.15 bits per heavy atom. The average molecular weight is 311 g/mol. The van der Waals surface area contributed by atoms with Crippen molar-refractivity contribution in [2.24, 2.45) is 11.7 Å². The number of nitrogens with zero attached hydrogens (tertiary/aromatic N) is 1. The van der Waals surface area contributed by atoms with Gasteiger partial charge in [0.05, 0.1) is 0 Å². The van der Waals surface area contributed by atoms with Crippen molar-refractivity contribution >= 4 is 28.8 Å². The zero-order chi connectivity index (χ0) is 14.7. The molecule has 1 aromatic carbocycles. The highest BCUT2D eigenvalue weighted by Crippen LogP contribution is 2.30. The van der Waals surface area contributed by atoms with Crippen molar-refractivity contribution in [3.05, 3.63) is 34.3 Å². The lowest BCUT2D eigenvalue weighted by molar-refractivity contribution is 0.239. The Morgan fingerprint density at radius 1 is 1.45 bits per heavy atom. The number of hydrogen-bond donors (Lipinski definition) is 1. The summed E-state index contributed by atoms with van der Waals surface area (Å²) in [5.74, 6) is 0.740. The van der Waals surface area contributed by atoms with E-state index < -0.39 is 0 Å². The number of benzene rings is 1. The van der Waals surface area contributed by atoms with Crippen LogP contribution in [0.5, 0.6) is 0 Å². The third kappa shape index (κ3) is 4.44. The number of thiocarbonyl (C=S) groups is 1. The molecule has 0 unspecified atom stereocenters. The molecule has 110 valence electrons. The standard InChI is InChI=1S/C16H23ClN2S/c1-11(2)7-8-19(14-5-6-14)10-13-4-3-12(16(18)20)9-15(13)17/h3-4,9,11,14H,5-8,10H2,1-2H3,(H2,18,20). The van der Waals surface area contributed by atoms with E-state index in [1.165, 1.54) is 24.8 Å². The second kappa shape index (κ2) is 6.88. The highest BCUT2D eigenvalue weighted by atomic mass is 35.5. The summed E-state index contributed by atoms with van der Waals surface area (Å²) in [6.07, 6.45) is 3.88. The van der Waals surface area contributed by atoms with Crippen LogP contribution in [0.4, 0.5) is 0 Å². The second-order valence-electron chi connectivity index (χ2n) is 6.05. The molecule has 1 aliphatic carbocycles. The van der Waals surface area contributed by atoms with Gasteiger partial charge >= 0.3 is 0 Å². The number of halogens is 1. The lowest BCUT2D eigenvalue weighted by atomic mass is 10.1. The minimum atomic E-state index is 0.400. The van der Waals surface area contributed by atoms with Gasteiger partial charge in [-0.2, -0.15) is 0 Å². The lowest BCUT2D eigenvalue weighted by Crippen LogP contribution is -2.27. The summed E-state index contributed by atoms with van der Waals surface area (Å²) in [6, 6.07) is 6.66. The Labute approximate surface area is 132 Å². The molecule has 1 aromatic rings. The minimum Gasteiger partial charge on any atom is -0.389 e. The number of hydrogen-bond acceptors (Lipinski definition) is 2. The van der Waals surface area contributed by atoms with E-state index >= 15 is 0 Å². The van der Waals surface area contributed by atoms with Crippen LogP contribution in [0.25, 0.3) is 0 Å². The quantitative estimate of drug-likeness (QED) is 0.772. The first-order valence-electron chi connectivity index (χ1n) is 7.29. The monoisotopic (exact) mass is 310 g/mol. The van der Waals surface area contributed by atoms with Crippen molar-refractivity contribution < 1.29 is 0 Å². The van der Waals surface area contributed by atoms with Gasteiger partial charge in [0.1, 0.15) is 4.99 Å². The van der Waals surface area contributed by atoms with Crippen molar-refractivity contribution in [2.45, 2.75) is 45.7 Å². The van der Waals surface area contributed by atoms with E-state index in [2.05, 4.69) is 24.8 Å². The Hall–Kier alpha value is -0.640. The maximum atomic E-state index is 6.36. The van der Waals surface area contributed by atoms with Gasteiger partial charge in [0, 0.05) is 23.2 Å². The normalized spacial score (nSPS) is 15.1. The molecule has 2 rings (SSSR count). The van der Waals surface area contributed by atoms with Gasteiger partial charge in [-0.05, 0) is 43.4 Å². The smallest absolute Gasteiger partial charge is 0.104 e. The van der Waals surface area contributed by atoms with Crippen molar-refractivity contribution in [3.63, 3.8) is 0 Å². The first-order chi connectivity index (χ1) is 9.47. The SMILES string of the molecule is CC(C)CCN(Cc1ccc(C(N)=S)cc1Cl)C1CC1. The van der Waals surface area contributed by atoms with Crippen LogP contribution < -0.4 is 5.73 Å². The minimum absolute atomic E-state index is 0.400. The molecule has 2 N–H and O–H groups in total. The molecule has 0 aliphatic heterocycles. The van der Waals surface area contributed by atoms with Gasteiger partial charge in [0.15, 0.2) is 0 Å². The lowest BCUT2D eigenvalue weighted by Gasteiger charge is -2.23. The molecule has 1 aliphatic rings. The van der Waals surface area contributed by atoms with Crippen LogP contribution >= 0.6 is 23.8 Å². The van der Waals surface area contributed by atoms with E-state index in [9.17, 15) is 0 Å². The summed E-state index contributed by atoms with van der Waals surface area (Å²) < 4.78 is 0. The first-order valence-corrected chi connectivity index (χ1v) is 8.08. The van der Waals surface area contributed by atoms with E-state index in [0.29, 0.717) is 4.99 Å². The Bertz CT molecular complexity index is 483. The van der Waals surface area contributed by atoms with Crippen molar-refractivity contribution in [2.75, 3.05) is 6.54 Å². The molecule has 1 saturated carbocycles. The number of rotatable bonds is 7. The van der Waals surface area contributed by atoms with E-state index in [1.54, 1.807) is 0 Å². The average Bonchev–Trinajstić information content (AvgIpc) is 3.19. The van der Waals surface area contributed by atoms with Crippen molar-refractivity contribution in [3.8, 4) is 0 Å². The summed E-state index contributed by atoms with van der Waals surface area (Å²) in [7, 11) is 0. The van der Waals surface area contributed by atoms with E-state index in [1.807, 2.05) is 12.1 Å². The van der Waals surface area contributed by atoms with Crippen LogP contribution in [-0.4, -0.2) is 22.5 Å². The molecule has 0 spiro atoms. The summed E-state index contributed by atoms with van der Waals surface area (Å²) in [5, 5.41) is 0.769. The van der Waals surface area contributed by atoms with Crippen molar-refractivity contribution in [1.29, 1.82) is 0 Å². The second-order valence-corrected chi connectivity index (χ2v) is 6.90. The van der Waals surface area contributed by atoms with E-state index in [-0.39, 0.29) is 0 Å². The Kier molecular flexibility index (Phi) is 5.42. The van der Waals surface area contributed by atoms with Crippen LogP contribution in [0, 0.1) is 5.92 Å². The third-order valence-electron chi connectivity index (χ3n) is 3.77. The van der Waals surface area contributed by atoms with Gasteiger partial charge in [-0.15, -0.1) is 0 Å². The first kappa shape index (κ1) is 15.7. The Morgan fingerprint density at radius 3 is 2.65 bits per heavy atom. The molecule has 0 radical (unpaired) electrons. The Balaban J connectivity index is 2.04. The zero-order valence-electron chi connectivity index (χ0n) is 12.2. The molecule has 2 nitrogen and oxygen atoms in total. The van der Waals surface area contributed by atoms with Crippen LogP contribution in [0.2, 0.25) is 5.02 Å². The fraction of sp³-hybridized carbons (Fsp3) is 0.562. The van der Waals surface area contributed by atoms with Gasteiger partial charge in [0.25, 0.3) is 0 Å². The molecule has 0 amide bonds. The topological polar surface area (TPSA) is 29.3 Å². The molecule has 0 saturated heterocycles. The maximum Gasteiger partial charge on any atom is 0.104 e. The molecule has 0 heterocycles. The van der Waals surface area contributed by atoms with Crippen LogP contribution in [0.3, 0.4) is 0 Å². The molecule has 0 atom stereocenters. The van der Waals surface area contributed by atoms with E-state index in [0.717, 1.165) is 35.6 Å². The molecular weight excluding hydrogens is 288 g/mol. The summed E-state index contributed by atoms with van der Waals surface area (Å²) >= 11 is 11.3. The fourth-order valence-electron chi connectivity index (χ4n) is 2.30. The zero-order valence-corrected chi connectivity index (χ0v) is 13.8. The van der Waals surface area contributed by atoms with Gasteiger partial charge in [-0.25, -0.2) is 0 Å². The van der Waals surface area contributed by atoms with Gasteiger partial charge in [0.2, 0.25) is 0 Å². The van der Waals surface area contributed by atoms with E-state index in [4.69, 9.17) is 29.6 Å². The molecule has 0 aromatic heterocycles. The third-order valence-corrected chi connectivity index (χ3v) is 4.36. The molecule has 4 heteroatoms. The van der Waals surface area contributed by atoms with Crippen molar-refractivity contribution in [1.82, 2.24) is 4.90 Å². The summed E-state index contributed by atoms with van der Waals surface area (Å²) in [6.45, 7) is 6.62. The van der Waals surface area contributed by atoms with Crippen LogP contribution in [-0.2, 0) is 6.54 Å². The maximum absolute atomic E-state index is 6.36. The van der Waals surface area contributed by atoms with Crippen LogP contribution in [0.15, 0.2) is 18.2 Å². The predicted octanol–water partition coefficient (Wildman–Crippen LogP) is 3.98. The highest BCUT2D eigenvalue weighted by Gasteiger charge is 2.29. The molecule has 20 heavy (non-hydrogen) atoms. The summed E-state index contributed by atoms with van der Waals surface area (Å²) in [4.78, 5) is 2.96.